The van der Waals surface area contributed by atoms with Crippen LogP contribution in [0.3, 0.4) is 0 Å². The van der Waals surface area contributed by atoms with E-state index in [9.17, 15) is 13.2 Å². The van der Waals surface area contributed by atoms with Crippen LogP contribution in [0.15, 0.2) is 36.4 Å². The normalized spacial score (nSPS) is 11.1. The van der Waals surface area contributed by atoms with Gasteiger partial charge in [-0.2, -0.15) is 5.10 Å². The SMILES string of the molecule is Cc1cc(F)c(CCc2ccc(-c3cc(C)nn3C)c(F)c2)c(F)c1. The van der Waals surface area contributed by atoms with Crippen LogP contribution in [0.4, 0.5) is 13.2 Å². The quantitative estimate of drug-likeness (QED) is 0.658. The van der Waals surface area contributed by atoms with Gasteiger partial charge in [-0.3, -0.25) is 4.68 Å². The molecular weight excluding hydrogens is 325 g/mol. The summed E-state index contributed by atoms with van der Waals surface area (Å²) < 4.78 is 43.9. The maximum atomic E-state index is 14.5. The molecule has 0 aliphatic carbocycles. The van der Waals surface area contributed by atoms with E-state index in [1.54, 1.807) is 30.8 Å². The number of nitrogens with zero attached hydrogens (tertiary/aromatic N) is 2. The zero-order valence-corrected chi connectivity index (χ0v) is 14.4. The lowest BCUT2D eigenvalue weighted by Crippen LogP contribution is -2.01. The molecule has 0 atom stereocenters. The van der Waals surface area contributed by atoms with Crippen molar-refractivity contribution in [3.8, 4) is 11.3 Å². The molecule has 0 aliphatic rings. The molecule has 25 heavy (non-hydrogen) atoms. The standard InChI is InChI=1S/C20H19F3N2/c1-12-8-17(21)15(18(22)9-12)6-4-14-5-7-16(19(23)11-14)20-10-13(2)24-25(20)3/h5,7-11H,4,6H2,1-3H3. The van der Waals surface area contributed by atoms with Gasteiger partial charge in [-0.15, -0.1) is 0 Å². The summed E-state index contributed by atoms with van der Waals surface area (Å²) in [6.45, 7) is 3.49. The first-order valence-corrected chi connectivity index (χ1v) is 8.09. The van der Waals surface area contributed by atoms with Crippen molar-refractivity contribution in [3.63, 3.8) is 0 Å². The van der Waals surface area contributed by atoms with E-state index in [2.05, 4.69) is 5.10 Å². The van der Waals surface area contributed by atoms with E-state index in [4.69, 9.17) is 0 Å². The molecule has 0 fully saturated rings. The predicted octanol–water partition coefficient (Wildman–Crippen LogP) is 4.91. The van der Waals surface area contributed by atoms with Gasteiger partial charge in [0.25, 0.3) is 0 Å². The summed E-state index contributed by atoms with van der Waals surface area (Å²) in [7, 11) is 1.76. The first kappa shape index (κ1) is 17.3. The fourth-order valence-corrected chi connectivity index (χ4v) is 3.02. The summed E-state index contributed by atoms with van der Waals surface area (Å²) in [6.07, 6.45) is 0.542. The Labute approximate surface area is 144 Å². The first-order chi connectivity index (χ1) is 11.8. The molecule has 0 bridgehead atoms. The topological polar surface area (TPSA) is 17.8 Å². The molecule has 2 aromatic carbocycles. The lowest BCUT2D eigenvalue weighted by Gasteiger charge is -2.09. The van der Waals surface area contributed by atoms with Gasteiger partial charge in [0.15, 0.2) is 0 Å². The molecule has 0 N–H and O–H groups in total. The number of aryl methyl sites for hydroxylation is 4. The molecule has 3 aromatic rings. The highest BCUT2D eigenvalue weighted by atomic mass is 19.1. The van der Waals surface area contributed by atoms with E-state index in [-0.39, 0.29) is 17.8 Å². The second-order valence-electron chi connectivity index (χ2n) is 6.32. The summed E-state index contributed by atoms with van der Waals surface area (Å²) in [4.78, 5) is 0. The van der Waals surface area contributed by atoms with Crippen molar-refractivity contribution in [1.82, 2.24) is 9.78 Å². The molecule has 0 saturated heterocycles. The molecular formula is C20H19F3N2. The summed E-state index contributed by atoms with van der Waals surface area (Å²) in [5.41, 5.74) is 3.24. The Bertz CT molecular complexity index is 906. The third kappa shape index (κ3) is 3.60. The Morgan fingerprint density at radius 3 is 2.12 bits per heavy atom. The molecule has 1 heterocycles. The highest BCUT2D eigenvalue weighted by Gasteiger charge is 2.13. The van der Waals surface area contributed by atoms with Gasteiger partial charge in [0.1, 0.15) is 17.5 Å². The van der Waals surface area contributed by atoms with Gasteiger partial charge in [0, 0.05) is 18.2 Å². The first-order valence-electron chi connectivity index (χ1n) is 8.09. The molecule has 2 nitrogen and oxygen atoms in total. The number of hydrogen-bond acceptors (Lipinski definition) is 1. The molecule has 0 spiro atoms. The van der Waals surface area contributed by atoms with Gasteiger partial charge in [-0.25, -0.2) is 13.2 Å². The lowest BCUT2D eigenvalue weighted by molar-refractivity contribution is 0.552. The van der Waals surface area contributed by atoms with Crippen molar-refractivity contribution >= 4 is 0 Å². The monoisotopic (exact) mass is 344 g/mol. The number of hydrogen-bond donors (Lipinski definition) is 0. The van der Waals surface area contributed by atoms with Crippen LogP contribution in [0, 0.1) is 31.3 Å². The Kier molecular flexibility index (Phi) is 4.66. The van der Waals surface area contributed by atoms with Crippen LogP contribution in [-0.2, 0) is 19.9 Å². The highest BCUT2D eigenvalue weighted by Crippen LogP contribution is 2.25. The van der Waals surface area contributed by atoms with Gasteiger partial charge < -0.3 is 0 Å². The zero-order valence-electron chi connectivity index (χ0n) is 14.4. The van der Waals surface area contributed by atoms with E-state index < -0.39 is 11.6 Å². The minimum absolute atomic E-state index is 0.0392. The van der Waals surface area contributed by atoms with Gasteiger partial charge in [0.05, 0.1) is 11.4 Å². The number of benzene rings is 2. The van der Waals surface area contributed by atoms with Crippen LogP contribution in [0.5, 0.6) is 0 Å². The average molecular weight is 344 g/mol. The van der Waals surface area contributed by atoms with E-state index in [1.807, 2.05) is 13.0 Å². The van der Waals surface area contributed by atoms with Crippen molar-refractivity contribution in [2.24, 2.45) is 7.05 Å². The Balaban J connectivity index is 1.81. The fourth-order valence-electron chi connectivity index (χ4n) is 3.02. The van der Waals surface area contributed by atoms with Gasteiger partial charge in [-0.05, 0) is 68.1 Å². The van der Waals surface area contributed by atoms with Crippen LogP contribution in [-0.4, -0.2) is 9.78 Å². The highest BCUT2D eigenvalue weighted by molar-refractivity contribution is 5.61. The van der Waals surface area contributed by atoms with E-state index in [0.717, 1.165) is 5.69 Å². The molecule has 1 aromatic heterocycles. The second kappa shape index (κ2) is 6.75. The summed E-state index contributed by atoms with van der Waals surface area (Å²) in [5.74, 6) is -1.48. The number of rotatable bonds is 4. The molecule has 3 rings (SSSR count). The van der Waals surface area contributed by atoms with Crippen molar-refractivity contribution in [1.29, 1.82) is 0 Å². The second-order valence-corrected chi connectivity index (χ2v) is 6.32. The van der Waals surface area contributed by atoms with Crippen molar-refractivity contribution in [3.05, 3.63) is 76.2 Å². The summed E-state index contributed by atoms with van der Waals surface area (Å²) >= 11 is 0. The van der Waals surface area contributed by atoms with Crippen molar-refractivity contribution < 1.29 is 13.2 Å². The zero-order chi connectivity index (χ0) is 18.1. The fraction of sp³-hybridized carbons (Fsp3) is 0.250. The lowest BCUT2D eigenvalue weighted by atomic mass is 10.0. The number of aromatic nitrogens is 2. The third-order valence-corrected chi connectivity index (χ3v) is 4.26. The van der Waals surface area contributed by atoms with E-state index in [1.165, 1.54) is 18.2 Å². The van der Waals surface area contributed by atoms with Crippen LogP contribution >= 0.6 is 0 Å². The summed E-state index contributed by atoms with van der Waals surface area (Å²) in [6, 6.07) is 9.32. The smallest absolute Gasteiger partial charge is 0.132 e. The molecule has 0 amide bonds. The van der Waals surface area contributed by atoms with Crippen molar-refractivity contribution in [2.45, 2.75) is 26.7 Å². The number of halogens is 3. The van der Waals surface area contributed by atoms with Gasteiger partial charge >= 0.3 is 0 Å². The molecule has 0 saturated carbocycles. The van der Waals surface area contributed by atoms with Crippen LogP contribution in [0.2, 0.25) is 0 Å². The van der Waals surface area contributed by atoms with Crippen LogP contribution in [0.25, 0.3) is 11.3 Å². The van der Waals surface area contributed by atoms with E-state index >= 15 is 0 Å². The average Bonchev–Trinajstić information content (AvgIpc) is 2.84. The molecule has 0 unspecified atom stereocenters. The largest absolute Gasteiger partial charge is 0.268 e. The Hall–Kier alpha value is -2.56. The maximum Gasteiger partial charge on any atom is 0.132 e. The Morgan fingerprint density at radius 2 is 1.56 bits per heavy atom. The van der Waals surface area contributed by atoms with Crippen LogP contribution in [0.1, 0.15) is 22.4 Å². The minimum Gasteiger partial charge on any atom is -0.268 e. The van der Waals surface area contributed by atoms with Crippen molar-refractivity contribution in [2.75, 3.05) is 0 Å². The maximum absolute atomic E-state index is 14.5. The van der Waals surface area contributed by atoms with Gasteiger partial charge in [-0.1, -0.05) is 6.07 Å². The molecule has 0 aliphatic heterocycles. The minimum atomic E-state index is -0.556. The Morgan fingerprint density at radius 1 is 0.880 bits per heavy atom. The molecule has 5 heteroatoms. The molecule has 0 radical (unpaired) electrons. The van der Waals surface area contributed by atoms with E-state index in [0.29, 0.717) is 28.8 Å². The molecule has 130 valence electrons. The van der Waals surface area contributed by atoms with Crippen LogP contribution < -0.4 is 0 Å². The third-order valence-electron chi connectivity index (χ3n) is 4.26. The predicted molar refractivity (Wildman–Crippen MR) is 91.8 cm³/mol. The summed E-state index contributed by atoms with van der Waals surface area (Å²) in [5, 5.41) is 4.22. The van der Waals surface area contributed by atoms with Gasteiger partial charge in [0.2, 0.25) is 0 Å².